The van der Waals surface area contributed by atoms with Crippen LogP contribution in [-0.2, 0) is 9.53 Å². The van der Waals surface area contributed by atoms with E-state index in [9.17, 15) is 14.4 Å². The third kappa shape index (κ3) is 5.88. The van der Waals surface area contributed by atoms with Gasteiger partial charge in [0.05, 0.1) is 18.4 Å². The predicted octanol–water partition coefficient (Wildman–Crippen LogP) is 3.62. The molecule has 2 N–H and O–H groups in total. The zero-order valence-electron chi connectivity index (χ0n) is 16.2. The molecule has 0 bridgehead atoms. The van der Waals surface area contributed by atoms with Crippen molar-refractivity contribution in [3.63, 3.8) is 0 Å². The Morgan fingerprint density at radius 1 is 0.967 bits per heavy atom. The van der Waals surface area contributed by atoms with E-state index in [1.54, 1.807) is 36.4 Å². The fourth-order valence-corrected chi connectivity index (χ4v) is 3.87. The maximum absolute atomic E-state index is 12.2. The second-order valence-corrected chi connectivity index (χ2v) is 8.30. The van der Waals surface area contributed by atoms with Crippen molar-refractivity contribution < 1.29 is 19.1 Å². The van der Waals surface area contributed by atoms with E-state index in [1.165, 1.54) is 30.2 Å². The van der Waals surface area contributed by atoms with Gasteiger partial charge in [0, 0.05) is 11.3 Å². The summed E-state index contributed by atoms with van der Waals surface area (Å²) in [7, 11) is 1.31. The zero-order valence-corrected chi connectivity index (χ0v) is 17.8. The summed E-state index contributed by atoms with van der Waals surface area (Å²) in [6, 6.07) is 13.6. The van der Waals surface area contributed by atoms with E-state index in [2.05, 4.69) is 25.6 Å². The topological polar surface area (TPSA) is 110 Å². The van der Waals surface area contributed by atoms with Gasteiger partial charge >= 0.3 is 5.97 Å². The van der Waals surface area contributed by atoms with Gasteiger partial charge in [-0.15, -0.1) is 10.2 Å². The van der Waals surface area contributed by atoms with Crippen molar-refractivity contribution in [2.24, 2.45) is 0 Å². The van der Waals surface area contributed by atoms with Crippen LogP contribution in [0.15, 0.2) is 52.9 Å². The fourth-order valence-electron chi connectivity index (χ4n) is 2.32. The molecule has 0 fully saturated rings. The van der Waals surface area contributed by atoms with Crippen LogP contribution in [0.1, 0.15) is 26.3 Å². The lowest BCUT2D eigenvalue weighted by atomic mass is 10.1. The predicted molar refractivity (Wildman–Crippen MR) is 116 cm³/mol. The number of amides is 2. The maximum Gasteiger partial charge on any atom is 0.337 e. The van der Waals surface area contributed by atoms with Gasteiger partial charge in [0.2, 0.25) is 11.0 Å². The molecule has 0 aliphatic rings. The Balaban J connectivity index is 1.48. The van der Waals surface area contributed by atoms with Crippen molar-refractivity contribution in [3.05, 3.63) is 65.2 Å². The Hall–Kier alpha value is -3.24. The highest BCUT2D eigenvalue weighted by atomic mass is 32.2. The number of methoxy groups -OCH3 is 1. The molecule has 1 heterocycles. The van der Waals surface area contributed by atoms with Gasteiger partial charge in [-0.2, -0.15) is 0 Å². The van der Waals surface area contributed by atoms with Crippen LogP contribution in [0.2, 0.25) is 0 Å². The van der Waals surface area contributed by atoms with Crippen LogP contribution in [0.3, 0.4) is 0 Å². The van der Waals surface area contributed by atoms with E-state index in [0.717, 1.165) is 5.56 Å². The third-order valence-corrected chi connectivity index (χ3v) is 5.83. The Kier molecular flexibility index (Phi) is 7.15. The first-order valence-electron chi connectivity index (χ1n) is 8.77. The molecule has 10 heteroatoms. The first-order valence-corrected chi connectivity index (χ1v) is 10.6. The minimum Gasteiger partial charge on any atom is -0.465 e. The average Bonchev–Trinajstić information content (AvgIpc) is 3.20. The highest BCUT2D eigenvalue weighted by Crippen LogP contribution is 2.26. The number of hydrogen-bond donors (Lipinski definition) is 2. The number of thioether (sulfide) groups is 1. The minimum atomic E-state index is -0.440. The number of hydrogen-bond acceptors (Lipinski definition) is 8. The van der Waals surface area contributed by atoms with Gasteiger partial charge in [0.1, 0.15) is 0 Å². The summed E-state index contributed by atoms with van der Waals surface area (Å²) < 4.78 is 5.19. The second-order valence-electron chi connectivity index (χ2n) is 6.10. The molecule has 0 saturated heterocycles. The Morgan fingerprint density at radius 3 is 2.30 bits per heavy atom. The normalized spacial score (nSPS) is 10.3. The molecule has 30 heavy (non-hydrogen) atoms. The van der Waals surface area contributed by atoms with E-state index in [0.29, 0.717) is 26.3 Å². The molecule has 0 unspecified atom stereocenters. The van der Waals surface area contributed by atoms with E-state index in [4.69, 9.17) is 0 Å². The molecule has 0 aliphatic carbocycles. The lowest BCUT2D eigenvalue weighted by Gasteiger charge is -2.05. The van der Waals surface area contributed by atoms with Crippen LogP contribution in [0.5, 0.6) is 0 Å². The van der Waals surface area contributed by atoms with Gasteiger partial charge in [-0.3, -0.25) is 14.9 Å². The summed E-state index contributed by atoms with van der Waals surface area (Å²) in [4.78, 5) is 35.8. The Labute approximate surface area is 181 Å². The number of rotatable bonds is 7. The molecule has 0 spiro atoms. The van der Waals surface area contributed by atoms with Crippen molar-refractivity contribution in [2.45, 2.75) is 11.3 Å². The highest BCUT2D eigenvalue weighted by Gasteiger charge is 2.12. The molecule has 3 aromatic rings. The molecule has 1 aromatic heterocycles. The summed E-state index contributed by atoms with van der Waals surface area (Å²) in [5.74, 6) is -0.814. The van der Waals surface area contributed by atoms with Crippen LogP contribution in [0.4, 0.5) is 10.8 Å². The van der Waals surface area contributed by atoms with E-state index < -0.39 is 5.97 Å². The van der Waals surface area contributed by atoms with Crippen LogP contribution in [-0.4, -0.2) is 40.8 Å². The number of esters is 1. The largest absolute Gasteiger partial charge is 0.465 e. The van der Waals surface area contributed by atoms with E-state index >= 15 is 0 Å². The molecule has 0 saturated carbocycles. The van der Waals surface area contributed by atoms with Crippen LogP contribution < -0.4 is 10.6 Å². The van der Waals surface area contributed by atoms with Gasteiger partial charge in [0.25, 0.3) is 5.91 Å². The summed E-state index contributed by atoms with van der Waals surface area (Å²) >= 11 is 2.40. The molecule has 0 radical (unpaired) electrons. The lowest BCUT2D eigenvalue weighted by Crippen LogP contribution is -2.14. The van der Waals surface area contributed by atoms with Crippen molar-refractivity contribution >= 4 is 51.7 Å². The zero-order chi connectivity index (χ0) is 21.5. The van der Waals surface area contributed by atoms with Crippen molar-refractivity contribution in [2.75, 3.05) is 23.5 Å². The summed E-state index contributed by atoms with van der Waals surface area (Å²) in [5.41, 5.74) is 2.57. The molecule has 0 aliphatic heterocycles. The SMILES string of the molecule is COC(=O)c1ccc(NC(=O)CSc2nnc(NC(=O)c3ccc(C)cc3)s2)cc1. The molecule has 8 nitrogen and oxygen atoms in total. The monoisotopic (exact) mass is 442 g/mol. The van der Waals surface area contributed by atoms with Gasteiger partial charge < -0.3 is 10.1 Å². The van der Waals surface area contributed by atoms with Crippen LogP contribution in [0, 0.1) is 6.92 Å². The second kappa shape index (κ2) is 9.99. The first kappa shape index (κ1) is 21.5. The lowest BCUT2D eigenvalue weighted by molar-refractivity contribution is -0.113. The Morgan fingerprint density at radius 2 is 1.63 bits per heavy atom. The number of carbonyl (C=O) groups excluding carboxylic acids is 3. The van der Waals surface area contributed by atoms with Crippen LogP contribution in [0.25, 0.3) is 0 Å². The fraction of sp³-hybridized carbons (Fsp3) is 0.150. The molecular formula is C20H18N4O4S2. The van der Waals surface area contributed by atoms with Gasteiger partial charge in [-0.05, 0) is 43.3 Å². The first-order chi connectivity index (χ1) is 14.4. The summed E-state index contributed by atoms with van der Waals surface area (Å²) in [6.45, 7) is 1.95. The number of anilines is 2. The molecule has 0 atom stereocenters. The van der Waals surface area contributed by atoms with Gasteiger partial charge in [0.15, 0.2) is 4.34 Å². The smallest absolute Gasteiger partial charge is 0.337 e. The quantitative estimate of drug-likeness (QED) is 0.327. The number of aromatic nitrogens is 2. The molecule has 3 rings (SSSR count). The molecule has 2 amide bonds. The third-order valence-electron chi connectivity index (χ3n) is 3.86. The van der Waals surface area contributed by atoms with Crippen molar-refractivity contribution in [3.8, 4) is 0 Å². The van der Waals surface area contributed by atoms with Crippen molar-refractivity contribution in [1.29, 1.82) is 0 Å². The highest BCUT2D eigenvalue weighted by molar-refractivity contribution is 8.01. The number of nitrogens with one attached hydrogen (secondary N) is 2. The standard InChI is InChI=1S/C20H18N4O4S2/c1-12-3-5-13(6-4-12)17(26)22-19-23-24-20(30-19)29-11-16(25)21-15-9-7-14(8-10-15)18(27)28-2/h3-10H,11H2,1-2H3,(H,21,25)(H,22,23,26). The summed E-state index contributed by atoms with van der Waals surface area (Å²) in [5, 5.41) is 13.7. The number of aryl methyl sites for hydroxylation is 1. The van der Waals surface area contributed by atoms with Gasteiger partial charge in [-0.1, -0.05) is 40.8 Å². The minimum absolute atomic E-state index is 0.124. The number of benzene rings is 2. The Bertz CT molecular complexity index is 1050. The number of nitrogens with zero attached hydrogens (tertiary/aromatic N) is 2. The van der Waals surface area contributed by atoms with Crippen molar-refractivity contribution in [1.82, 2.24) is 10.2 Å². The molecule has 154 valence electrons. The van der Waals surface area contributed by atoms with Crippen LogP contribution >= 0.6 is 23.1 Å². The van der Waals surface area contributed by atoms with E-state index in [-0.39, 0.29) is 17.6 Å². The summed E-state index contributed by atoms with van der Waals surface area (Å²) in [6.07, 6.45) is 0. The maximum atomic E-state index is 12.2. The van der Waals surface area contributed by atoms with Gasteiger partial charge in [-0.25, -0.2) is 4.79 Å². The van der Waals surface area contributed by atoms with E-state index in [1.807, 2.05) is 19.1 Å². The molecular weight excluding hydrogens is 424 g/mol. The average molecular weight is 443 g/mol. The number of ether oxygens (including phenoxy) is 1. The molecule has 2 aromatic carbocycles. The number of carbonyl (C=O) groups is 3.